The number of benzene rings is 1. The molecule has 1 atom stereocenters. The Morgan fingerprint density at radius 3 is 1.80 bits per heavy atom. The lowest BCUT2D eigenvalue weighted by Gasteiger charge is -2.14. The molecule has 1 aromatic rings. The van der Waals surface area contributed by atoms with Gasteiger partial charge in [-0.2, -0.15) is 0 Å². The largest absolute Gasteiger partial charge is 0.327 e. The molecule has 0 saturated heterocycles. The summed E-state index contributed by atoms with van der Waals surface area (Å²) in [6, 6.07) is 0. The van der Waals surface area contributed by atoms with E-state index in [2.05, 4.69) is 4.52 Å². The first-order chi connectivity index (χ1) is 9.21. The molecule has 0 radical (unpaired) electrons. The van der Waals surface area contributed by atoms with Crippen molar-refractivity contribution in [3.63, 3.8) is 0 Å². The minimum Gasteiger partial charge on any atom is -0.309 e. The van der Waals surface area contributed by atoms with Crippen molar-refractivity contribution >= 4 is 7.60 Å². The molecule has 3 nitrogen and oxygen atoms in total. The first kappa shape index (κ1) is 17.1. The van der Waals surface area contributed by atoms with Crippen LogP contribution in [0.3, 0.4) is 0 Å². The van der Waals surface area contributed by atoms with E-state index in [9.17, 15) is 26.5 Å². The summed E-state index contributed by atoms with van der Waals surface area (Å²) >= 11 is 0. The van der Waals surface area contributed by atoms with Gasteiger partial charge in [-0.05, 0) is 6.42 Å². The van der Waals surface area contributed by atoms with Crippen LogP contribution in [0.25, 0.3) is 0 Å². The van der Waals surface area contributed by atoms with Crippen LogP contribution in [0, 0.1) is 29.1 Å². The summed E-state index contributed by atoms with van der Waals surface area (Å²) in [5, 5.41) is 0. The molecule has 9 heteroatoms. The van der Waals surface area contributed by atoms with Gasteiger partial charge in [0.05, 0.1) is 18.8 Å². The molecule has 20 heavy (non-hydrogen) atoms. The van der Waals surface area contributed by atoms with E-state index in [0.29, 0.717) is 6.42 Å². The second kappa shape index (κ2) is 6.65. The second-order valence-corrected chi connectivity index (χ2v) is 5.99. The maximum absolute atomic E-state index is 13.3. The van der Waals surface area contributed by atoms with E-state index in [1.807, 2.05) is 0 Å². The van der Waals surface area contributed by atoms with E-state index in [1.54, 1.807) is 6.92 Å². The van der Waals surface area contributed by atoms with Gasteiger partial charge in [-0.3, -0.25) is 4.57 Å². The highest BCUT2D eigenvalue weighted by Crippen LogP contribution is 2.45. The van der Waals surface area contributed by atoms with Gasteiger partial charge < -0.3 is 9.05 Å². The molecule has 0 aromatic heterocycles. The molecule has 0 saturated carbocycles. The van der Waals surface area contributed by atoms with Gasteiger partial charge in [0.25, 0.3) is 0 Å². The van der Waals surface area contributed by atoms with Crippen molar-refractivity contribution in [2.75, 3.05) is 13.3 Å². The summed E-state index contributed by atoms with van der Waals surface area (Å²) in [5.41, 5.74) is -1.19. The lowest BCUT2D eigenvalue weighted by atomic mass is 10.2. The average molecular weight is 318 g/mol. The molecule has 0 bridgehead atoms. The predicted octanol–water partition coefficient (Wildman–Crippen LogP) is 4.15. The lowest BCUT2D eigenvalue weighted by molar-refractivity contribution is 0.196. The minimum atomic E-state index is -3.63. The molecule has 1 unspecified atom stereocenters. The lowest BCUT2D eigenvalue weighted by Crippen LogP contribution is -2.08. The Labute approximate surface area is 112 Å². The van der Waals surface area contributed by atoms with E-state index >= 15 is 0 Å². The van der Waals surface area contributed by atoms with Crippen molar-refractivity contribution in [2.24, 2.45) is 0 Å². The second-order valence-electron chi connectivity index (χ2n) is 3.93. The molecular formula is C11H12F5O3P. The van der Waals surface area contributed by atoms with Crippen LogP contribution in [0.5, 0.6) is 0 Å². The van der Waals surface area contributed by atoms with Crippen molar-refractivity contribution in [1.82, 2.24) is 0 Å². The summed E-state index contributed by atoms with van der Waals surface area (Å²) in [5.74, 6) is -10.5. The van der Waals surface area contributed by atoms with Crippen LogP contribution >= 0.6 is 7.60 Å². The highest BCUT2D eigenvalue weighted by atomic mass is 31.2. The van der Waals surface area contributed by atoms with E-state index in [4.69, 9.17) is 4.52 Å². The molecular weight excluding hydrogens is 306 g/mol. The van der Waals surface area contributed by atoms with E-state index in [1.165, 1.54) is 0 Å². The van der Waals surface area contributed by atoms with Crippen LogP contribution in [0.4, 0.5) is 22.0 Å². The molecule has 0 amide bonds. The summed E-state index contributed by atoms with van der Waals surface area (Å²) in [4.78, 5) is 0. The van der Waals surface area contributed by atoms with Crippen LogP contribution in [0.2, 0.25) is 0 Å². The molecule has 0 aliphatic carbocycles. The summed E-state index contributed by atoms with van der Waals surface area (Å²) in [6.45, 7) is 1.78. The zero-order valence-electron chi connectivity index (χ0n) is 10.7. The Morgan fingerprint density at radius 2 is 1.35 bits per heavy atom. The standard InChI is InChI=1S/C11H12F5O3P/c1-3-4-18-20(2,17)19-5-6-7(12)9(14)11(16)10(15)8(6)13/h3-5H2,1-2H3. The average Bonchev–Trinajstić information content (AvgIpc) is 2.40. The third-order valence-electron chi connectivity index (χ3n) is 2.27. The van der Waals surface area contributed by atoms with Crippen molar-refractivity contribution < 1.29 is 35.6 Å². The molecule has 0 fully saturated rings. The molecule has 0 aliphatic rings. The zero-order valence-corrected chi connectivity index (χ0v) is 11.6. The molecule has 1 rings (SSSR count). The maximum Gasteiger partial charge on any atom is 0.327 e. The number of hydrogen-bond donors (Lipinski definition) is 0. The van der Waals surface area contributed by atoms with E-state index in [-0.39, 0.29) is 6.61 Å². The monoisotopic (exact) mass is 318 g/mol. The van der Waals surface area contributed by atoms with Crippen molar-refractivity contribution in [3.05, 3.63) is 34.6 Å². The van der Waals surface area contributed by atoms with Crippen molar-refractivity contribution in [1.29, 1.82) is 0 Å². The SMILES string of the molecule is CCCOP(C)(=O)OCc1c(F)c(F)c(F)c(F)c1F. The van der Waals surface area contributed by atoms with Gasteiger partial charge in [-0.1, -0.05) is 6.92 Å². The quantitative estimate of drug-likeness (QED) is 0.342. The van der Waals surface area contributed by atoms with Gasteiger partial charge in [0.2, 0.25) is 5.82 Å². The fourth-order valence-corrected chi connectivity index (χ4v) is 2.21. The van der Waals surface area contributed by atoms with Crippen LogP contribution < -0.4 is 0 Å². The Morgan fingerprint density at radius 1 is 0.900 bits per heavy atom. The molecule has 1 aromatic carbocycles. The first-order valence-electron chi connectivity index (χ1n) is 5.58. The fourth-order valence-electron chi connectivity index (χ4n) is 1.25. The van der Waals surface area contributed by atoms with Gasteiger partial charge >= 0.3 is 7.60 Å². The first-order valence-corrected chi connectivity index (χ1v) is 7.57. The highest BCUT2D eigenvalue weighted by molar-refractivity contribution is 7.52. The molecule has 114 valence electrons. The third kappa shape index (κ3) is 3.77. The number of rotatable bonds is 6. The number of halogens is 5. The van der Waals surface area contributed by atoms with Crippen molar-refractivity contribution in [2.45, 2.75) is 20.0 Å². The topological polar surface area (TPSA) is 35.5 Å². The van der Waals surface area contributed by atoms with Gasteiger partial charge in [0.1, 0.15) is 0 Å². The minimum absolute atomic E-state index is 0.0743. The van der Waals surface area contributed by atoms with Crippen LogP contribution in [0.1, 0.15) is 18.9 Å². The normalized spacial score (nSPS) is 14.3. The Hall–Kier alpha value is -0.980. The van der Waals surface area contributed by atoms with Crippen LogP contribution in [-0.4, -0.2) is 13.3 Å². The van der Waals surface area contributed by atoms with Gasteiger partial charge in [-0.15, -0.1) is 0 Å². The van der Waals surface area contributed by atoms with Crippen molar-refractivity contribution in [3.8, 4) is 0 Å². The summed E-state index contributed by atoms with van der Waals surface area (Å²) in [7, 11) is -3.63. The van der Waals surface area contributed by atoms with Gasteiger partial charge in [0.15, 0.2) is 23.3 Å². The molecule has 0 aliphatic heterocycles. The molecule has 0 spiro atoms. The molecule has 0 heterocycles. The van der Waals surface area contributed by atoms with Crippen LogP contribution in [0.15, 0.2) is 0 Å². The number of hydrogen-bond acceptors (Lipinski definition) is 3. The van der Waals surface area contributed by atoms with Gasteiger partial charge in [-0.25, -0.2) is 22.0 Å². The Kier molecular flexibility index (Phi) is 5.68. The van der Waals surface area contributed by atoms with E-state index < -0.39 is 48.9 Å². The van der Waals surface area contributed by atoms with Gasteiger partial charge in [0, 0.05) is 6.66 Å². The smallest absolute Gasteiger partial charge is 0.309 e. The van der Waals surface area contributed by atoms with E-state index in [0.717, 1.165) is 6.66 Å². The molecule has 0 N–H and O–H groups in total. The fraction of sp³-hybridized carbons (Fsp3) is 0.455. The maximum atomic E-state index is 13.3. The Bertz CT molecular complexity index is 520. The Balaban J connectivity index is 2.97. The van der Waals surface area contributed by atoms with Crippen LogP contribution in [-0.2, 0) is 20.2 Å². The summed E-state index contributed by atoms with van der Waals surface area (Å²) in [6.07, 6.45) is 0.518. The predicted molar refractivity (Wildman–Crippen MR) is 60.8 cm³/mol. The highest BCUT2D eigenvalue weighted by Gasteiger charge is 2.27. The summed E-state index contributed by atoms with van der Waals surface area (Å²) < 4.78 is 86.3. The third-order valence-corrected chi connectivity index (χ3v) is 3.52. The zero-order chi connectivity index (χ0) is 15.5.